The Kier molecular flexibility index (Phi) is 2.87. The van der Waals surface area contributed by atoms with Gasteiger partial charge in [-0.05, 0) is 6.42 Å². The summed E-state index contributed by atoms with van der Waals surface area (Å²) in [4.78, 5) is 23.1. The predicted octanol–water partition coefficient (Wildman–Crippen LogP) is -0.557. The first-order chi connectivity index (χ1) is 6.07. The number of carboxylic acid groups (broad SMARTS) is 1. The number of rotatable bonds is 2. The lowest BCUT2D eigenvalue weighted by Gasteiger charge is -2.21. The van der Waals surface area contributed by atoms with Crippen LogP contribution in [0.5, 0.6) is 0 Å². The zero-order valence-electron chi connectivity index (χ0n) is 7.43. The highest BCUT2D eigenvalue weighted by Gasteiger charge is 2.40. The number of nitrogens with zero attached hydrogens (tertiary/aromatic N) is 1. The van der Waals surface area contributed by atoms with Crippen molar-refractivity contribution >= 4 is 11.9 Å². The molecule has 0 bridgehead atoms. The topological polar surface area (TPSA) is 77.8 Å². The lowest BCUT2D eigenvalue weighted by atomic mass is 10.2. The molecule has 0 spiro atoms. The summed E-state index contributed by atoms with van der Waals surface area (Å²) in [6, 6.07) is -1.05. The molecule has 74 valence electrons. The van der Waals surface area contributed by atoms with Gasteiger partial charge >= 0.3 is 5.97 Å². The van der Waals surface area contributed by atoms with E-state index >= 15 is 0 Å². The van der Waals surface area contributed by atoms with E-state index in [4.69, 9.17) is 5.11 Å². The van der Waals surface area contributed by atoms with E-state index in [1.165, 1.54) is 4.90 Å². The van der Waals surface area contributed by atoms with Crippen molar-refractivity contribution in [1.82, 2.24) is 4.90 Å². The third kappa shape index (κ3) is 1.80. The second-order valence-corrected chi connectivity index (χ2v) is 3.08. The van der Waals surface area contributed by atoms with E-state index in [9.17, 15) is 14.7 Å². The first-order valence-electron chi connectivity index (χ1n) is 4.28. The molecule has 1 amide bonds. The highest BCUT2D eigenvalue weighted by molar-refractivity contribution is 5.84. The van der Waals surface area contributed by atoms with Crippen molar-refractivity contribution in [2.24, 2.45) is 0 Å². The van der Waals surface area contributed by atoms with Crippen molar-refractivity contribution in [2.45, 2.75) is 31.9 Å². The summed E-state index contributed by atoms with van der Waals surface area (Å²) in [6.07, 6.45) is -0.299. The van der Waals surface area contributed by atoms with Crippen LogP contribution >= 0.6 is 0 Å². The summed E-state index contributed by atoms with van der Waals surface area (Å²) in [5.41, 5.74) is 0. The Hall–Kier alpha value is -1.10. The van der Waals surface area contributed by atoms with Gasteiger partial charge in [0.1, 0.15) is 0 Å². The number of hydrogen-bond donors (Lipinski definition) is 2. The van der Waals surface area contributed by atoms with Crippen LogP contribution in [-0.4, -0.2) is 45.7 Å². The standard InChI is InChI=1S/C8H13NO4/c1-2-6(11)9-4-3-5(10)7(9)8(12)13/h5,7,10H,2-4H2,1H3,(H,12,13)/t5?,7-/m0/s1. The smallest absolute Gasteiger partial charge is 0.329 e. The maximum absolute atomic E-state index is 11.2. The second-order valence-electron chi connectivity index (χ2n) is 3.08. The number of amides is 1. The quantitative estimate of drug-likeness (QED) is 0.607. The van der Waals surface area contributed by atoms with Gasteiger partial charge in [-0.1, -0.05) is 6.92 Å². The van der Waals surface area contributed by atoms with Crippen LogP contribution < -0.4 is 0 Å². The molecule has 1 unspecified atom stereocenters. The lowest BCUT2D eigenvalue weighted by molar-refractivity contribution is -0.150. The maximum Gasteiger partial charge on any atom is 0.329 e. The molecule has 0 radical (unpaired) electrons. The van der Waals surface area contributed by atoms with Crippen LogP contribution in [0.1, 0.15) is 19.8 Å². The van der Waals surface area contributed by atoms with Gasteiger partial charge in [0, 0.05) is 13.0 Å². The van der Waals surface area contributed by atoms with Crippen LogP contribution in [0.25, 0.3) is 0 Å². The molecular formula is C8H13NO4. The SMILES string of the molecule is CCC(=O)N1CCC(O)[C@H]1C(=O)O. The fourth-order valence-corrected chi connectivity index (χ4v) is 1.56. The van der Waals surface area contributed by atoms with Gasteiger partial charge in [-0.15, -0.1) is 0 Å². The van der Waals surface area contributed by atoms with Gasteiger partial charge in [-0.25, -0.2) is 4.79 Å². The number of hydrogen-bond acceptors (Lipinski definition) is 3. The number of aliphatic hydroxyl groups excluding tert-OH is 1. The molecule has 1 aliphatic rings. The Labute approximate surface area is 76.0 Å². The van der Waals surface area contributed by atoms with Crippen LogP contribution in [0.2, 0.25) is 0 Å². The molecule has 1 rings (SSSR count). The highest BCUT2D eigenvalue weighted by Crippen LogP contribution is 2.18. The fraction of sp³-hybridized carbons (Fsp3) is 0.750. The molecule has 0 aromatic heterocycles. The van der Waals surface area contributed by atoms with Gasteiger partial charge in [0.05, 0.1) is 6.10 Å². The second kappa shape index (κ2) is 3.74. The number of carbonyl (C=O) groups is 2. The zero-order chi connectivity index (χ0) is 10.0. The average Bonchev–Trinajstić information content (AvgIpc) is 2.45. The Bertz CT molecular complexity index is 228. The van der Waals surface area contributed by atoms with Gasteiger partial charge in [0.2, 0.25) is 5.91 Å². The minimum Gasteiger partial charge on any atom is -0.480 e. The van der Waals surface area contributed by atoms with E-state index in [-0.39, 0.29) is 12.3 Å². The van der Waals surface area contributed by atoms with Crippen LogP contribution in [0, 0.1) is 0 Å². The number of aliphatic hydroxyl groups is 1. The van der Waals surface area contributed by atoms with Crippen LogP contribution in [-0.2, 0) is 9.59 Å². The highest BCUT2D eigenvalue weighted by atomic mass is 16.4. The van der Waals surface area contributed by atoms with E-state index in [1.807, 2.05) is 0 Å². The van der Waals surface area contributed by atoms with Gasteiger partial charge in [-0.3, -0.25) is 4.79 Å². The molecule has 0 aromatic carbocycles. The molecule has 0 aromatic rings. The largest absolute Gasteiger partial charge is 0.480 e. The van der Waals surface area contributed by atoms with Gasteiger partial charge in [-0.2, -0.15) is 0 Å². The van der Waals surface area contributed by atoms with Crippen molar-refractivity contribution in [1.29, 1.82) is 0 Å². The van der Waals surface area contributed by atoms with Crippen molar-refractivity contribution in [3.05, 3.63) is 0 Å². The summed E-state index contributed by atoms with van der Waals surface area (Å²) < 4.78 is 0. The summed E-state index contributed by atoms with van der Waals surface area (Å²) >= 11 is 0. The van der Waals surface area contributed by atoms with Gasteiger partial charge in [0.15, 0.2) is 6.04 Å². The Morgan fingerprint density at radius 2 is 2.15 bits per heavy atom. The van der Waals surface area contributed by atoms with Crippen LogP contribution in [0.3, 0.4) is 0 Å². The molecule has 2 atom stereocenters. The molecule has 2 N–H and O–H groups in total. The molecule has 0 saturated carbocycles. The molecular weight excluding hydrogens is 174 g/mol. The van der Waals surface area contributed by atoms with Crippen molar-refractivity contribution in [2.75, 3.05) is 6.54 Å². The molecule has 1 heterocycles. The number of carbonyl (C=O) groups excluding carboxylic acids is 1. The van der Waals surface area contributed by atoms with E-state index in [0.717, 1.165) is 0 Å². The molecule has 1 aliphatic heterocycles. The number of likely N-dealkylation sites (tertiary alicyclic amines) is 1. The molecule has 5 nitrogen and oxygen atoms in total. The summed E-state index contributed by atoms with van der Waals surface area (Å²) in [5, 5.41) is 18.0. The molecule has 1 saturated heterocycles. The third-order valence-corrected chi connectivity index (χ3v) is 2.24. The zero-order valence-corrected chi connectivity index (χ0v) is 7.43. The van der Waals surface area contributed by atoms with Crippen molar-refractivity contribution < 1.29 is 19.8 Å². The maximum atomic E-state index is 11.2. The predicted molar refractivity (Wildman–Crippen MR) is 44.1 cm³/mol. The van der Waals surface area contributed by atoms with E-state index in [2.05, 4.69) is 0 Å². The van der Waals surface area contributed by atoms with E-state index in [1.54, 1.807) is 6.92 Å². The fourth-order valence-electron chi connectivity index (χ4n) is 1.56. The molecule has 5 heteroatoms. The first kappa shape index (κ1) is 9.98. The van der Waals surface area contributed by atoms with Crippen LogP contribution in [0.15, 0.2) is 0 Å². The molecule has 13 heavy (non-hydrogen) atoms. The van der Waals surface area contributed by atoms with E-state index < -0.39 is 18.1 Å². The minimum atomic E-state index is -1.13. The molecule has 1 fully saturated rings. The number of carboxylic acids is 1. The summed E-state index contributed by atoms with van der Waals surface area (Å²) in [7, 11) is 0. The average molecular weight is 187 g/mol. The van der Waals surface area contributed by atoms with Gasteiger partial charge < -0.3 is 15.1 Å². The normalized spacial score (nSPS) is 27.7. The minimum absolute atomic E-state index is 0.219. The first-order valence-corrected chi connectivity index (χ1v) is 4.28. The Morgan fingerprint density at radius 3 is 2.62 bits per heavy atom. The van der Waals surface area contributed by atoms with Gasteiger partial charge in [0.25, 0.3) is 0 Å². The summed E-state index contributed by atoms with van der Waals surface area (Å²) in [6.45, 7) is 2.01. The van der Waals surface area contributed by atoms with Crippen molar-refractivity contribution in [3.63, 3.8) is 0 Å². The monoisotopic (exact) mass is 187 g/mol. The molecule has 0 aliphatic carbocycles. The summed E-state index contributed by atoms with van der Waals surface area (Å²) in [5.74, 6) is -1.35. The van der Waals surface area contributed by atoms with E-state index in [0.29, 0.717) is 13.0 Å². The Morgan fingerprint density at radius 1 is 1.54 bits per heavy atom. The lowest BCUT2D eigenvalue weighted by Crippen LogP contribution is -2.44. The van der Waals surface area contributed by atoms with Crippen molar-refractivity contribution in [3.8, 4) is 0 Å². The third-order valence-electron chi connectivity index (χ3n) is 2.24. The Balaban J connectivity index is 2.75. The van der Waals surface area contributed by atoms with Crippen LogP contribution in [0.4, 0.5) is 0 Å². The number of aliphatic carboxylic acids is 1.